The zero-order chi connectivity index (χ0) is 27.9. The minimum Gasteiger partial charge on any atom is -0.438 e. The molecule has 0 aliphatic carbocycles. The van der Waals surface area contributed by atoms with Gasteiger partial charge in [0.2, 0.25) is 5.95 Å². The number of carbonyl (C=O) groups excluding carboxylic acids is 1. The van der Waals surface area contributed by atoms with Crippen LogP contribution in [0.4, 0.5) is 10.7 Å². The van der Waals surface area contributed by atoms with E-state index in [2.05, 4.69) is 41.9 Å². The summed E-state index contributed by atoms with van der Waals surface area (Å²) in [6.07, 6.45) is 0.132. The normalized spacial score (nSPS) is 19.6. The number of nitriles is 1. The third-order valence-electron chi connectivity index (χ3n) is 7.47. The quantitative estimate of drug-likeness (QED) is 0.329. The number of primary amides is 1. The standard InChI is InChI=1S/C29H30ClN7O2/c1-17-9-8-12-19(23(17)30)24-22-20(16-31)33-27(34-25(22)36-35-24)37-14-13-29(39-26(32)38,15-21(37)28(2,3)4)18-10-6-5-7-11-18/h5-12,21H,13-15H2,1-4H3,(H2,32,38)(H,33,34,35,36). The highest BCUT2D eigenvalue weighted by atomic mass is 35.5. The number of aromatic amines is 1. The number of aryl methyl sites for hydroxylation is 1. The molecule has 2 unspecified atom stereocenters. The monoisotopic (exact) mass is 543 g/mol. The molecule has 0 saturated carbocycles. The summed E-state index contributed by atoms with van der Waals surface area (Å²) in [7, 11) is 0. The van der Waals surface area contributed by atoms with Gasteiger partial charge in [0.15, 0.2) is 11.3 Å². The number of piperidine rings is 1. The van der Waals surface area contributed by atoms with E-state index in [1.165, 1.54) is 0 Å². The summed E-state index contributed by atoms with van der Waals surface area (Å²) in [5.41, 5.74) is 8.09. The van der Waals surface area contributed by atoms with Gasteiger partial charge in [0.25, 0.3) is 0 Å². The van der Waals surface area contributed by atoms with Crippen molar-refractivity contribution in [2.45, 2.75) is 52.2 Å². The van der Waals surface area contributed by atoms with Crippen LogP contribution in [0.3, 0.4) is 0 Å². The first-order valence-electron chi connectivity index (χ1n) is 12.8. The molecule has 3 N–H and O–H groups in total. The first-order chi connectivity index (χ1) is 18.5. The average molecular weight is 544 g/mol. The van der Waals surface area contributed by atoms with E-state index < -0.39 is 11.7 Å². The van der Waals surface area contributed by atoms with Gasteiger partial charge < -0.3 is 15.4 Å². The number of hydrogen-bond acceptors (Lipinski definition) is 7. The lowest BCUT2D eigenvalue weighted by atomic mass is 9.72. The first kappa shape index (κ1) is 26.4. The predicted octanol–water partition coefficient (Wildman–Crippen LogP) is 5.86. The van der Waals surface area contributed by atoms with Crippen molar-refractivity contribution in [2.24, 2.45) is 11.1 Å². The van der Waals surface area contributed by atoms with Crippen molar-refractivity contribution < 1.29 is 9.53 Å². The Morgan fingerprint density at radius 3 is 2.62 bits per heavy atom. The highest BCUT2D eigenvalue weighted by Gasteiger charge is 2.48. The maximum Gasteiger partial charge on any atom is 0.405 e. The van der Waals surface area contributed by atoms with Gasteiger partial charge in [0.1, 0.15) is 17.4 Å². The van der Waals surface area contributed by atoms with Gasteiger partial charge in [0.05, 0.1) is 10.4 Å². The molecule has 2 aromatic heterocycles. The number of aromatic nitrogens is 4. The molecule has 10 heteroatoms. The van der Waals surface area contributed by atoms with Crippen molar-refractivity contribution in [3.8, 4) is 17.3 Å². The van der Waals surface area contributed by atoms with Crippen LogP contribution in [0.25, 0.3) is 22.3 Å². The van der Waals surface area contributed by atoms with Crippen LogP contribution in [0.1, 0.15) is 50.4 Å². The summed E-state index contributed by atoms with van der Waals surface area (Å²) in [4.78, 5) is 23.7. The Morgan fingerprint density at radius 2 is 1.95 bits per heavy atom. The fourth-order valence-electron chi connectivity index (χ4n) is 5.50. The van der Waals surface area contributed by atoms with E-state index in [0.29, 0.717) is 52.6 Å². The van der Waals surface area contributed by atoms with Crippen LogP contribution in [0.5, 0.6) is 0 Å². The average Bonchev–Trinajstić information content (AvgIpc) is 3.33. The van der Waals surface area contributed by atoms with Crippen LogP contribution in [-0.2, 0) is 10.3 Å². The second-order valence-corrected chi connectivity index (χ2v) is 11.4. The van der Waals surface area contributed by atoms with Gasteiger partial charge in [-0.25, -0.2) is 9.78 Å². The van der Waals surface area contributed by atoms with Crippen molar-refractivity contribution >= 4 is 34.7 Å². The minimum atomic E-state index is -0.896. The van der Waals surface area contributed by atoms with Crippen molar-refractivity contribution in [2.75, 3.05) is 11.4 Å². The number of amides is 1. The molecular weight excluding hydrogens is 514 g/mol. The highest BCUT2D eigenvalue weighted by Crippen LogP contribution is 2.45. The summed E-state index contributed by atoms with van der Waals surface area (Å²) in [5.74, 6) is 0.408. The number of benzene rings is 2. The summed E-state index contributed by atoms with van der Waals surface area (Å²) in [6, 6.07) is 17.4. The van der Waals surface area contributed by atoms with Gasteiger partial charge in [-0.1, -0.05) is 80.9 Å². The van der Waals surface area contributed by atoms with Gasteiger partial charge in [-0.2, -0.15) is 15.3 Å². The van der Waals surface area contributed by atoms with Gasteiger partial charge >= 0.3 is 6.09 Å². The fourth-order valence-corrected chi connectivity index (χ4v) is 5.71. The van der Waals surface area contributed by atoms with Crippen LogP contribution >= 0.6 is 11.6 Å². The molecule has 5 rings (SSSR count). The molecule has 0 radical (unpaired) electrons. The van der Waals surface area contributed by atoms with E-state index in [9.17, 15) is 10.1 Å². The molecule has 1 aliphatic heterocycles. The number of hydrogen-bond donors (Lipinski definition) is 2. The summed E-state index contributed by atoms with van der Waals surface area (Å²) in [6.45, 7) is 8.75. The van der Waals surface area contributed by atoms with Crippen LogP contribution in [0.2, 0.25) is 5.02 Å². The lowest BCUT2D eigenvalue weighted by molar-refractivity contribution is -0.0284. The Hall–Kier alpha value is -4.16. The van der Waals surface area contributed by atoms with Crippen molar-refractivity contribution in [3.05, 3.63) is 70.4 Å². The molecule has 200 valence electrons. The molecule has 9 nitrogen and oxygen atoms in total. The number of anilines is 1. The number of rotatable bonds is 4. The smallest absolute Gasteiger partial charge is 0.405 e. The minimum absolute atomic E-state index is 0.150. The molecule has 3 heterocycles. The Kier molecular flexibility index (Phi) is 6.69. The molecule has 2 atom stereocenters. The van der Waals surface area contributed by atoms with E-state index in [1.807, 2.05) is 55.5 Å². The van der Waals surface area contributed by atoms with Gasteiger partial charge in [-0.05, 0) is 23.5 Å². The topological polar surface area (TPSA) is 134 Å². The maximum absolute atomic E-state index is 12.1. The molecule has 1 aliphatic rings. The number of halogens is 1. The summed E-state index contributed by atoms with van der Waals surface area (Å²) < 4.78 is 5.85. The van der Waals surface area contributed by atoms with E-state index in [-0.39, 0.29) is 17.2 Å². The third kappa shape index (κ3) is 4.77. The highest BCUT2D eigenvalue weighted by molar-refractivity contribution is 6.34. The SMILES string of the molecule is Cc1cccc(-c2n[nH]c3nc(N4CCC(OC(N)=O)(c5ccccc5)CC4C(C)(C)C)nc(C#N)c23)c1Cl. The third-order valence-corrected chi connectivity index (χ3v) is 7.97. The molecular formula is C29H30ClN7O2. The maximum atomic E-state index is 12.1. The number of fused-ring (bicyclic) bond motifs is 1. The largest absolute Gasteiger partial charge is 0.438 e. The lowest BCUT2D eigenvalue weighted by Crippen LogP contribution is -2.56. The van der Waals surface area contributed by atoms with Crippen LogP contribution < -0.4 is 10.6 Å². The Bertz CT molecular complexity index is 1590. The molecule has 1 amide bonds. The van der Waals surface area contributed by atoms with Crippen molar-refractivity contribution in [3.63, 3.8) is 0 Å². The first-order valence-corrected chi connectivity index (χ1v) is 13.1. The molecule has 1 fully saturated rings. The molecule has 1 saturated heterocycles. The number of nitrogens with zero attached hydrogens (tertiary/aromatic N) is 5. The molecule has 2 aromatic carbocycles. The van der Waals surface area contributed by atoms with E-state index >= 15 is 0 Å². The predicted molar refractivity (Wildman–Crippen MR) is 150 cm³/mol. The zero-order valence-corrected chi connectivity index (χ0v) is 23.1. The van der Waals surface area contributed by atoms with Crippen LogP contribution in [0.15, 0.2) is 48.5 Å². The number of carbonyl (C=O) groups is 1. The number of nitrogens with one attached hydrogen (secondary N) is 1. The Balaban J connectivity index is 1.60. The molecule has 0 bridgehead atoms. The van der Waals surface area contributed by atoms with Gasteiger partial charge in [-0.3, -0.25) is 5.10 Å². The second kappa shape index (κ2) is 9.86. The van der Waals surface area contributed by atoms with Crippen LogP contribution in [0, 0.1) is 23.7 Å². The second-order valence-electron chi connectivity index (χ2n) is 11.0. The molecule has 0 spiro atoms. The van der Waals surface area contributed by atoms with E-state index in [1.54, 1.807) is 0 Å². The van der Waals surface area contributed by atoms with E-state index in [4.69, 9.17) is 32.0 Å². The van der Waals surface area contributed by atoms with Crippen molar-refractivity contribution in [1.82, 2.24) is 20.2 Å². The zero-order valence-electron chi connectivity index (χ0n) is 22.3. The van der Waals surface area contributed by atoms with Crippen molar-refractivity contribution in [1.29, 1.82) is 5.26 Å². The number of nitrogens with two attached hydrogens (primary N) is 1. The summed E-state index contributed by atoms with van der Waals surface area (Å²) in [5, 5.41) is 18.7. The number of ether oxygens (including phenoxy) is 1. The lowest BCUT2D eigenvalue weighted by Gasteiger charge is -2.50. The molecule has 4 aromatic rings. The Morgan fingerprint density at radius 1 is 1.21 bits per heavy atom. The van der Waals surface area contributed by atoms with Gasteiger partial charge in [-0.15, -0.1) is 0 Å². The molecule has 39 heavy (non-hydrogen) atoms. The summed E-state index contributed by atoms with van der Waals surface area (Å²) >= 11 is 6.59. The Labute approximate surface area is 232 Å². The van der Waals surface area contributed by atoms with Gasteiger partial charge in [0, 0.05) is 31.0 Å². The fraction of sp³-hybridized carbons (Fsp3) is 0.345. The van der Waals surface area contributed by atoms with Crippen LogP contribution in [-0.4, -0.2) is 38.8 Å². The number of H-pyrrole nitrogens is 1. The van der Waals surface area contributed by atoms with E-state index in [0.717, 1.165) is 11.1 Å².